The van der Waals surface area contributed by atoms with E-state index in [0.29, 0.717) is 24.3 Å². The summed E-state index contributed by atoms with van der Waals surface area (Å²) in [5, 5.41) is 9.22. The maximum atomic E-state index is 12.0. The van der Waals surface area contributed by atoms with Crippen molar-refractivity contribution >= 4 is 23.3 Å². The summed E-state index contributed by atoms with van der Waals surface area (Å²) in [6.07, 6.45) is 0.690. The Balaban J connectivity index is 2.36. The van der Waals surface area contributed by atoms with Gasteiger partial charge >= 0.3 is 5.97 Å². The van der Waals surface area contributed by atoms with E-state index in [1.165, 1.54) is 6.07 Å². The summed E-state index contributed by atoms with van der Waals surface area (Å²) in [5.74, 6) is -1.04. The number of hydrogen-bond donors (Lipinski definition) is 2. The fourth-order valence-corrected chi connectivity index (χ4v) is 2.36. The molecule has 1 heterocycles. The highest BCUT2D eigenvalue weighted by atomic mass is 16.4. The number of nitrogens with two attached hydrogens (primary N) is 1. The first-order valence-electron chi connectivity index (χ1n) is 6.02. The van der Waals surface area contributed by atoms with Gasteiger partial charge in [0.25, 0.3) is 0 Å². The number of likely N-dealkylation sites (tertiary alicyclic amines) is 1. The zero-order valence-corrected chi connectivity index (χ0v) is 11.0. The SMILES string of the molecule is CN1CCC(N(C)c2ccc(N)cc2C(=O)O)C1=O. The average Bonchev–Trinajstić information content (AvgIpc) is 2.69. The fraction of sp³-hybridized carbons (Fsp3) is 0.385. The number of carbonyl (C=O) groups excluding carboxylic acids is 1. The van der Waals surface area contributed by atoms with Crippen LogP contribution in [0, 0.1) is 0 Å². The van der Waals surface area contributed by atoms with Crippen LogP contribution in [-0.4, -0.2) is 48.6 Å². The molecule has 0 aromatic heterocycles. The lowest BCUT2D eigenvalue weighted by Crippen LogP contribution is -2.39. The largest absolute Gasteiger partial charge is 0.478 e. The van der Waals surface area contributed by atoms with Gasteiger partial charge in [-0.2, -0.15) is 0 Å². The molecule has 0 bridgehead atoms. The fourth-order valence-electron chi connectivity index (χ4n) is 2.36. The summed E-state index contributed by atoms with van der Waals surface area (Å²) >= 11 is 0. The van der Waals surface area contributed by atoms with Gasteiger partial charge in [-0.1, -0.05) is 0 Å². The predicted octanol–water partition coefficient (Wildman–Crippen LogP) is 0.634. The molecule has 2 rings (SSSR count). The van der Waals surface area contributed by atoms with Gasteiger partial charge in [-0.15, -0.1) is 0 Å². The standard InChI is InChI=1S/C13H17N3O3/c1-15-6-5-11(12(15)17)16(2)10-4-3-8(14)7-9(10)13(18)19/h3-4,7,11H,5-6,14H2,1-2H3,(H,18,19). The minimum Gasteiger partial charge on any atom is -0.478 e. The highest BCUT2D eigenvalue weighted by Crippen LogP contribution is 2.27. The predicted molar refractivity (Wildman–Crippen MR) is 72.3 cm³/mol. The summed E-state index contributed by atoms with van der Waals surface area (Å²) in [4.78, 5) is 26.6. The number of rotatable bonds is 3. The van der Waals surface area contributed by atoms with Crippen LogP contribution in [0.25, 0.3) is 0 Å². The number of carbonyl (C=O) groups is 2. The lowest BCUT2D eigenvalue weighted by Gasteiger charge is -2.26. The monoisotopic (exact) mass is 263 g/mol. The molecule has 1 unspecified atom stereocenters. The van der Waals surface area contributed by atoms with E-state index in [1.54, 1.807) is 36.0 Å². The number of carboxylic acids is 1. The number of nitrogens with zero attached hydrogens (tertiary/aromatic N) is 2. The Morgan fingerprint density at radius 3 is 2.74 bits per heavy atom. The molecule has 1 fully saturated rings. The molecular formula is C13H17N3O3. The molecule has 6 nitrogen and oxygen atoms in total. The molecule has 1 aliphatic heterocycles. The normalized spacial score (nSPS) is 18.7. The van der Waals surface area contributed by atoms with Crippen LogP contribution in [0.15, 0.2) is 18.2 Å². The molecule has 1 amide bonds. The average molecular weight is 263 g/mol. The number of amides is 1. The Morgan fingerprint density at radius 1 is 1.53 bits per heavy atom. The molecule has 6 heteroatoms. The third-order valence-corrected chi connectivity index (χ3v) is 3.50. The lowest BCUT2D eigenvalue weighted by molar-refractivity contribution is -0.127. The number of nitrogen functional groups attached to an aromatic ring is 1. The molecule has 0 aliphatic carbocycles. The zero-order valence-electron chi connectivity index (χ0n) is 11.0. The summed E-state index contributed by atoms with van der Waals surface area (Å²) in [7, 11) is 3.48. The van der Waals surface area contributed by atoms with Gasteiger partial charge in [-0.25, -0.2) is 4.79 Å². The van der Waals surface area contributed by atoms with Gasteiger partial charge in [-0.05, 0) is 24.6 Å². The van der Waals surface area contributed by atoms with Crippen LogP contribution < -0.4 is 10.6 Å². The van der Waals surface area contributed by atoms with Crippen LogP contribution in [0.4, 0.5) is 11.4 Å². The molecule has 1 saturated heterocycles. The zero-order chi connectivity index (χ0) is 14.2. The summed E-state index contributed by atoms with van der Waals surface area (Å²) in [6.45, 7) is 0.686. The van der Waals surface area contributed by atoms with Crippen molar-refractivity contribution in [1.82, 2.24) is 4.90 Å². The van der Waals surface area contributed by atoms with Gasteiger partial charge in [0.1, 0.15) is 6.04 Å². The molecule has 0 saturated carbocycles. The van der Waals surface area contributed by atoms with Crippen molar-refractivity contribution in [1.29, 1.82) is 0 Å². The number of anilines is 2. The maximum absolute atomic E-state index is 12.0. The van der Waals surface area contributed by atoms with Gasteiger partial charge < -0.3 is 20.6 Å². The van der Waals surface area contributed by atoms with Gasteiger partial charge in [0, 0.05) is 26.3 Å². The maximum Gasteiger partial charge on any atom is 0.337 e. The molecule has 19 heavy (non-hydrogen) atoms. The third-order valence-electron chi connectivity index (χ3n) is 3.50. The Kier molecular flexibility index (Phi) is 3.33. The Labute approximate surface area is 111 Å². The van der Waals surface area contributed by atoms with Crippen molar-refractivity contribution in [3.05, 3.63) is 23.8 Å². The van der Waals surface area contributed by atoms with Gasteiger partial charge in [0.05, 0.1) is 11.3 Å². The highest BCUT2D eigenvalue weighted by molar-refractivity contribution is 5.97. The van der Waals surface area contributed by atoms with Crippen LogP contribution in [0.2, 0.25) is 0 Å². The van der Waals surface area contributed by atoms with E-state index >= 15 is 0 Å². The molecule has 1 aliphatic rings. The van der Waals surface area contributed by atoms with Gasteiger partial charge in [0.2, 0.25) is 5.91 Å². The second kappa shape index (κ2) is 4.79. The number of benzene rings is 1. The molecule has 1 aromatic carbocycles. The van der Waals surface area contributed by atoms with E-state index in [4.69, 9.17) is 5.73 Å². The van der Waals surface area contributed by atoms with E-state index in [9.17, 15) is 14.7 Å². The van der Waals surface area contributed by atoms with Crippen LogP contribution >= 0.6 is 0 Å². The van der Waals surface area contributed by atoms with Crippen LogP contribution in [0.3, 0.4) is 0 Å². The summed E-state index contributed by atoms with van der Waals surface area (Å²) in [5.41, 5.74) is 6.63. The van der Waals surface area contributed by atoms with Gasteiger partial charge in [0.15, 0.2) is 0 Å². The topological polar surface area (TPSA) is 86.9 Å². The number of carboxylic acid groups (broad SMARTS) is 1. The number of aromatic carboxylic acids is 1. The molecule has 102 valence electrons. The van der Waals surface area contributed by atoms with Crippen molar-refractivity contribution in [3.63, 3.8) is 0 Å². The van der Waals surface area contributed by atoms with E-state index < -0.39 is 5.97 Å². The van der Waals surface area contributed by atoms with Crippen LogP contribution in [0.1, 0.15) is 16.8 Å². The summed E-state index contributed by atoms with van der Waals surface area (Å²) in [6, 6.07) is 4.38. The molecule has 0 radical (unpaired) electrons. The smallest absolute Gasteiger partial charge is 0.337 e. The van der Waals surface area contributed by atoms with Gasteiger partial charge in [-0.3, -0.25) is 4.79 Å². The van der Waals surface area contributed by atoms with E-state index in [1.807, 2.05) is 0 Å². The highest BCUT2D eigenvalue weighted by Gasteiger charge is 2.33. The molecule has 1 atom stereocenters. The van der Waals surface area contributed by atoms with Crippen molar-refractivity contribution in [3.8, 4) is 0 Å². The van der Waals surface area contributed by atoms with Crippen molar-refractivity contribution in [2.45, 2.75) is 12.5 Å². The molecule has 0 spiro atoms. The van der Waals surface area contributed by atoms with E-state index in [-0.39, 0.29) is 17.5 Å². The van der Waals surface area contributed by atoms with Crippen LogP contribution in [0.5, 0.6) is 0 Å². The second-order valence-corrected chi connectivity index (χ2v) is 4.76. The lowest BCUT2D eigenvalue weighted by atomic mass is 10.1. The number of hydrogen-bond acceptors (Lipinski definition) is 4. The Morgan fingerprint density at radius 2 is 2.21 bits per heavy atom. The first-order chi connectivity index (χ1) is 8.91. The Bertz CT molecular complexity index is 530. The minimum absolute atomic E-state index is 0.00987. The number of likely N-dealkylation sites (N-methyl/N-ethyl adjacent to an activating group) is 2. The minimum atomic E-state index is -1.05. The summed E-state index contributed by atoms with van der Waals surface area (Å²) < 4.78 is 0. The van der Waals surface area contributed by atoms with Crippen molar-refractivity contribution < 1.29 is 14.7 Å². The van der Waals surface area contributed by atoms with E-state index in [0.717, 1.165) is 0 Å². The Hall–Kier alpha value is -2.24. The quantitative estimate of drug-likeness (QED) is 0.781. The van der Waals surface area contributed by atoms with E-state index in [2.05, 4.69) is 0 Å². The van der Waals surface area contributed by atoms with Crippen LogP contribution in [-0.2, 0) is 4.79 Å². The first-order valence-corrected chi connectivity index (χ1v) is 6.02. The molecule has 3 N–H and O–H groups in total. The third kappa shape index (κ3) is 2.33. The van der Waals surface area contributed by atoms with Crippen molar-refractivity contribution in [2.75, 3.05) is 31.3 Å². The first kappa shape index (κ1) is 13.2. The van der Waals surface area contributed by atoms with Crippen molar-refractivity contribution in [2.24, 2.45) is 0 Å². The second-order valence-electron chi connectivity index (χ2n) is 4.76. The molecule has 1 aromatic rings. The molecular weight excluding hydrogens is 246 g/mol.